The van der Waals surface area contributed by atoms with Gasteiger partial charge in [0.2, 0.25) is 0 Å². The van der Waals surface area contributed by atoms with Gasteiger partial charge >= 0.3 is 0 Å². The van der Waals surface area contributed by atoms with Gasteiger partial charge < -0.3 is 9.73 Å². The van der Waals surface area contributed by atoms with Crippen LogP contribution in [0.1, 0.15) is 76.5 Å². The quantitative estimate of drug-likeness (QED) is 0.136. The van der Waals surface area contributed by atoms with Crippen molar-refractivity contribution in [1.29, 1.82) is 0 Å². The van der Waals surface area contributed by atoms with Crippen LogP contribution >= 0.6 is 0 Å². The van der Waals surface area contributed by atoms with Gasteiger partial charge in [-0.05, 0) is 54.6 Å². The van der Waals surface area contributed by atoms with Crippen molar-refractivity contribution in [2.75, 3.05) is 0 Å². The van der Waals surface area contributed by atoms with Gasteiger partial charge in [-0.15, -0.1) is 35.4 Å². The normalized spacial score (nSPS) is 15.7. The Hall–Kier alpha value is -3.53. The number of fused-ring (bicyclic) bond motifs is 6. The van der Waals surface area contributed by atoms with Crippen LogP contribution in [0.5, 0.6) is 0 Å². The molecule has 0 aliphatic heterocycles. The monoisotopic (exact) mass is 747 g/mol. The molecule has 0 N–H and O–H groups in total. The Morgan fingerprint density at radius 1 is 1.00 bits per heavy atom. The van der Waals surface area contributed by atoms with Crippen molar-refractivity contribution in [3.63, 3.8) is 0 Å². The summed E-state index contributed by atoms with van der Waals surface area (Å²) in [6.07, 6.45) is 7.95. The number of hydrogen-bond acceptors (Lipinski definition) is 3. The molecule has 0 saturated heterocycles. The van der Waals surface area contributed by atoms with Crippen LogP contribution in [0.25, 0.3) is 49.8 Å². The van der Waals surface area contributed by atoms with Crippen LogP contribution in [-0.2, 0) is 30.3 Å². The van der Waals surface area contributed by atoms with Crippen LogP contribution in [0.3, 0.4) is 0 Å². The van der Waals surface area contributed by atoms with Gasteiger partial charge in [-0.3, -0.25) is 9.78 Å². The van der Waals surface area contributed by atoms with Crippen molar-refractivity contribution in [1.82, 2.24) is 4.98 Å². The molecule has 1 saturated carbocycles. The molecule has 2 aliphatic rings. The third-order valence-electron chi connectivity index (χ3n) is 8.56. The number of furan rings is 1. The smallest absolute Gasteiger partial charge is 0.151 e. The summed E-state index contributed by atoms with van der Waals surface area (Å²) in [7, 11) is 0. The maximum absolute atomic E-state index is 10.8. The number of allylic oxidation sites excluding steroid dienone is 2. The Balaban J connectivity index is 0.000000224. The molecule has 5 aromatic rings. The third-order valence-corrected chi connectivity index (χ3v) is 8.56. The second-order valence-corrected chi connectivity index (χ2v) is 12.3. The van der Waals surface area contributed by atoms with Gasteiger partial charge in [-0.25, -0.2) is 0 Å². The Morgan fingerprint density at radius 2 is 1.77 bits per heavy atom. The predicted molar refractivity (Wildman–Crippen MR) is 173 cm³/mol. The molecule has 2 heterocycles. The number of hydrogen-bond donors (Lipinski definition) is 0. The molecule has 7 rings (SSSR count). The Labute approximate surface area is 268 Å². The topological polar surface area (TPSA) is 57.2 Å². The summed E-state index contributed by atoms with van der Waals surface area (Å²) in [6.45, 7) is 10.2. The minimum Gasteiger partial charge on any atom is -0.685 e. The fraction of sp³-hybridized carbons (Fsp3) is 0.316. The fourth-order valence-corrected chi connectivity index (χ4v) is 6.73. The van der Waals surface area contributed by atoms with Gasteiger partial charge in [-0.1, -0.05) is 100 Å². The van der Waals surface area contributed by atoms with E-state index in [0.29, 0.717) is 6.04 Å². The van der Waals surface area contributed by atoms with E-state index >= 15 is 0 Å². The van der Waals surface area contributed by atoms with E-state index in [4.69, 9.17) is 9.40 Å². The third kappa shape index (κ3) is 6.12. The maximum Gasteiger partial charge on any atom is 0.151 e. The maximum atomic E-state index is 10.8. The number of benzene rings is 3. The van der Waals surface area contributed by atoms with Crippen LogP contribution in [0.15, 0.2) is 82.9 Å². The first-order valence-electron chi connectivity index (χ1n) is 15.1. The van der Waals surface area contributed by atoms with Crippen molar-refractivity contribution >= 4 is 27.7 Å². The van der Waals surface area contributed by atoms with Crippen molar-refractivity contribution in [2.45, 2.75) is 78.2 Å². The first-order valence-corrected chi connectivity index (χ1v) is 15.1. The van der Waals surface area contributed by atoms with E-state index < -0.39 is 0 Å². The molecule has 223 valence electrons. The summed E-state index contributed by atoms with van der Waals surface area (Å²) in [4.78, 5) is 15.7. The number of carbonyl (C=O) groups is 1. The van der Waals surface area contributed by atoms with E-state index in [1.807, 2.05) is 25.1 Å². The van der Waals surface area contributed by atoms with E-state index in [9.17, 15) is 4.79 Å². The van der Waals surface area contributed by atoms with Gasteiger partial charge in [0.25, 0.3) is 0 Å². The number of carbonyl (C=O) groups excluding carboxylic acids is 1. The van der Waals surface area contributed by atoms with E-state index in [-0.39, 0.29) is 31.3 Å². The van der Waals surface area contributed by atoms with Crippen LogP contribution in [0.4, 0.5) is 0 Å². The molecule has 0 amide bonds. The minimum atomic E-state index is -0.186. The van der Waals surface area contributed by atoms with E-state index in [1.54, 1.807) is 13.0 Å². The largest absolute Gasteiger partial charge is 0.685 e. The summed E-state index contributed by atoms with van der Waals surface area (Å²) in [5.74, 6) is 1.08. The molecule has 5 heteroatoms. The average molecular weight is 747 g/mol. The first-order chi connectivity index (χ1) is 20.2. The molecule has 4 nitrogen and oxygen atoms in total. The fourth-order valence-electron chi connectivity index (χ4n) is 6.73. The Morgan fingerprint density at radius 3 is 2.53 bits per heavy atom. The van der Waals surface area contributed by atoms with E-state index in [0.717, 1.165) is 39.4 Å². The number of aromatic nitrogens is 1. The van der Waals surface area contributed by atoms with Crippen molar-refractivity contribution in [3.05, 3.63) is 107 Å². The summed E-state index contributed by atoms with van der Waals surface area (Å²) >= 11 is 0. The van der Waals surface area contributed by atoms with Crippen molar-refractivity contribution < 1.29 is 29.3 Å². The summed E-state index contributed by atoms with van der Waals surface area (Å²) in [6, 6.07) is 27.1. The van der Waals surface area contributed by atoms with Gasteiger partial charge in [0.1, 0.15) is 11.3 Å². The number of aryl methyl sites for hydroxylation is 1. The Bertz CT molecular complexity index is 1830. The van der Waals surface area contributed by atoms with E-state index in [2.05, 4.69) is 80.7 Å². The molecule has 0 atom stereocenters. The van der Waals surface area contributed by atoms with Gasteiger partial charge in [-0.2, -0.15) is 5.70 Å². The van der Waals surface area contributed by atoms with Crippen molar-refractivity contribution in [3.8, 4) is 22.6 Å². The standard InChI is InChI=1S/C27H20NO.C11H19NO.Ir/c1-16-11-13-21-17(15-16)12-14-22(28-21)18-8-6-9-20-24(18)27(2,3)25-19-7-4-5-10-23(19)29-26(20)25;1-9(8-10(2)13)12-11-6-4-3-5-7-11;/h4-7,9-15H,1-3H3;8,11H,3-7H2,1-2H3,(H,12,13);/q-1;;/p-1. The first kappa shape index (κ1) is 30.9. The predicted octanol–water partition coefficient (Wildman–Crippen LogP) is 10.2. The Kier molecular flexibility index (Phi) is 9.06. The van der Waals surface area contributed by atoms with Crippen molar-refractivity contribution in [2.24, 2.45) is 0 Å². The number of nitrogens with zero attached hydrogens (tertiary/aromatic N) is 2. The molecular formula is C38H38IrN2O2-2. The summed E-state index contributed by atoms with van der Waals surface area (Å²) in [5.41, 5.74) is 9.60. The summed E-state index contributed by atoms with van der Waals surface area (Å²) in [5, 5.41) is 6.87. The second kappa shape index (κ2) is 12.6. The van der Waals surface area contributed by atoms with Gasteiger partial charge in [0.15, 0.2) is 5.78 Å². The zero-order valence-electron chi connectivity index (χ0n) is 25.6. The van der Waals surface area contributed by atoms with Crippen LogP contribution in [-0.4, -0.2) is 16.8 Å². The van der Waals surface area contributed by atoms with Gasteiger partial charge in [0, 0.05) is 31.1 Å². The zero-order chi connectivity index (χ0) is 29.4. The molecule has 43 heavy (non-hydrogen) atoms. The average Bonchev–Trinajstić information content (AvgIpc) is 3.47. The SMILES string of the molecule is CC(=O)/C=C(/C)[N-]C1CCCCC1.Cc1ccc2nc(-c3[c-]ccc4c3C(C)(C)c3c-4oc4ccccc34)ccc2c1.[Ir]. The molecule has 2 aliphatic carbocycles. The van der Waals surface area contributed by atoms with Crippen LogP contribution < -0.4 is 0 Å². The zero-order valence-corrected chi connectivity index (χ0v) is 28.0. The van der Waals surface area contributed by atoms with E-state index in [1.165, 1.54) is 59.6 Å². The minimum absolute atomic E-state index is 0. The molecule has 0 spiro atoms. The number of para-hydroxylation sites is 1. The molecule has 2 aromatic heterocycles. The molecule has 1 fully saturated rings. The summed E-state index contributed by atoms with van der Waals surface area (Å²) < 4.78 is 6.31. The number of pyridine rings is 1. The van der Waals surface area contributed by atoms with Crippen LogP contribution in [0, 0.1) is 13.0 Å². The molecule has 0 bridgehead atoms. The molecule has 0 unspecified atom stereocenters. The molecule has 3 aromatic carbocycles. The van der Waals surface area contributed by atoms with Gasteiger partial charge in [0.05, 0.1) is 5.52 Å². The number of rotatable bonds is 4. The van der Waals surface area contributed by atoms with Crippen LogP contribution in [0.2, 0.25) is 0 Å². The molecular weight excluding hydrogens is 709 g/mol. The number of ketones is 1. The second-order valence-electron chi connectivity index (χ2n) is 12.3. The molecule has 1 radical (unpaired) electrons.